The Labute approximate surface area is 188 Å². The fraction of sp³-hybridized carbons (Fsp3) is 0.609. The number of carbonyl (C=O) groups excluding carboxylic acids is 1. The van der Waals surface area contributed by atoms with Crippen molar-refractivity contribution in [1.82, 2.24) is 0 Å². The van der Waals surface area contributed by atoms with Gasteiger partial charge >= 0.3 is 5.97 Å². The Morgan fingerprint density at radius 3 is 2.16 bits per heavy atom. The van der Waals surface area contributed by atoms with Crippen LogP contribution in [0, 0.1) is 11.8 Å². The fourth-order valence-corrected chi connectivity index (χ4v) is 8.30. The molecule has 1 aliphatic rings. The molecule has 174 valence electrons. The summed E-state index contributed by atoms with van der Waals surface area (Å²) in [4.78, 5) is 12.7. The maximum absolute atomic E-state index is 12.7. The summed E-state index contributed by atoms with van der Waals surface area (Å²) in [5.74, 6) is -0.780. The summed E-state index contributed by atoms with van der Waals surface area (Å²) in [5.41, 5.74) is 0. The minimum absolute atomic E-state index is 0.116. The molecule has 1 aromatic carbocycles. The van der Waals surface area contributed by atoms with Crippen LogP contribution in [0.2, 0.25) is 18.1 Å². The number of esters is 1. The van der Waals surface area contributed by atoms with E-state index in [-0.39, 0.29) is 22.8 Å². The Hall–Kier alpha value is -1.48. The average Bonchev–Trinajstić information content (AvgIpc) is 2.79. The Balaban J connectivity index is 2.37. The van der Waals surface area contributed by atoms with Crippen LogP contribution in [-0.4, -0.2) is 48.1 Å². The Morgan fingerprint density at radius 2 is 1.65 bits per heavy atom. The first-order valence-electron chi connectivity index (χ1n) is 11.0. The summed E-state index contributed by atoms with van der Waals surface area (Å²) >= 11 is 0. The number of ether oxygens (including phenoxy) is 2. The van der Waals surface area contributed by atoms with Crippen LogP contribution in [0.4, 0.5) is 0 Å². The molecule has 0 unspecified atom stereocenters. The number of hydrogen-bond acceptors (Lipinski definition) is 6. The first-order chi connectivity index (χ1) is 14.6. The molecule has 31 heavy (non-hydrogen) atoms. The minimum atomic E-state index is -3.62. The van der Waals surface area contributed by atoms with Gasteiger partial charge in [-0.1, -0.05) is 52.8 Å². The van der Waals surface area contributed by atoms with E-state index in [9.17, 15) is 13.2 Å². The van der Waals surface area contributed by atoms with Gasteiger partial charge in [-0.05, 0) is 36.3 Å². The van der Waals surface area contributed by atoms with Crippen molar-refractivity contribution >= 4 is 24.1 Å². The van der Waals surface area contributed by atoms with Gasteiger partial charge in [-0.25, -0.2) is 13.2 Å². The molecule has 0 radical (unpaired) electrons. The summed E-state index contributed by atoms with van der Waals surface area (Å²) in [6.45, 7) is 10.4. The van der Waals surface area contributed by atoms with Gasteiger partial charge in [-0.3, -0.25) is 0 Å². The van der Waals surface area contributed by atoms with Gasteiger partial charge in [0.15, 0.2) is 24.3 Å². The molecule has 5 atom stereocenters. The third kappa shape index (κ3) is 5.86. The highest BCUT2D eigenvalue weighted by atomic mass is 32.2. The molecule has 0 saturated carbocycles. The second-order valence-corrected chi connectivity index (χ2v) is 14.8. The molecular formula is C23H36O6SSi. The van der Waals surface area contributed by atoms with Crippen molar-refractivity contribution in [1.29, 1.82) is 0 Å². The Bertz CT molecular complexity index is 842. The van der Waals surface area contributed by atoms with Gasteiger partial charge in [0.05, 0.1) is 24.2 Å². The lowest BCUT2D eigenvalue weighted by Gasteiger charge is -2.46. The lowest BCUT2D eigenvalue weighted by Crippen LogP contribution is -2.56. The molecule has 0 amide bonds. The summed E-state index contributed by atoms with van der Waals surface area (Å²) in [5, 5.41) is 1.18. The normalized spacial score (nSPS) is 27.4. The van der Waals surface area contributed by atoms with Crippen LogP contribution in [0.1, 0.15) is 34.6 Å². The molecule has 0 bridgehead atoms. The van der Waals surface area contributed by atoms with Gasteiger partial charge in [0.1, 0.15) is 0 Å². The lowest BCUT2D eigenvalue weighted by atomic mass is 9.83. The molecule has 0 aliphatic carbocycles. The van der Waals surface area contributed by atoms with Crippen LogP contribution >= 0.6 is 0 Å². The third-order valence-corrected chi connectivity index (χ3v) is 12.7. The first kappa shape index (κ1) is 25.8. The number of rotatable bonds is 9. The van der Waals surface area contributed by atoms with E-state index < -0.39 is 36.3 Å². The zero-order valence-corrected chi connectivity index (χ0v) is 21.2. The van der Waals surface area contributed by atoms with Crippen LogP contribution < -0.4 is 0 Å². The third-order valence-electron chi connectivity index (χ3n) is 6.61. The van der Waals surface area contributed by atoms with E-state index in [4.69, 9.17) is 13.9 Å². The second kappa shape index (κ2) is 10.9. The number of carbonyl (C=O) groups is 1. The quantitative estimate of drug-likeness (QED) is 0.390. The molecule has 1 aliphatic heterocycles. The zero-order chi connectivity index (χ0) is 23.2. The van der Waals surface area contributed by atoms with Gasteiger partial charge in [-0.15, -0.1) is 0 Å². The topological polar surface area (TPSA) is 78.9 Å². The van der Waals surface area contributed by atoms with E-state index in [1.807, 2.05) is 13.8 Å². The molecule has 8 heteroatoms. The average molecular weight is 469 g/mol. The molecule has 1 aromatic rings. The highest BCUT2D eigenvalue weighted by Gasteiger charge is 2.47. The molecule has 6 nitrogen and oxygen atoms in total. The Kier molecular flexibility index (Phi) is 9.06. The standard InChI is InChI=1S/C23H36O6SSi/c1-7-31(8-2,9-3)29-21-17(4)20(28-22(18(21)5)23(24)27-6)15-16-30(25,26)19-13-11-10-12-14-19/h10-18,20-22H,7-9H2,1-6H3/b16-15+/t17-,18+,20+,21-,22-/m1/s1. The second-order valence-electron chi connectivity index (χ2n) is 8.28. The summed E-state index contributed by atoms with van der Waals surface area (Å²) in [7, 11) is -4.24. The van der Waals surface area contributed by atoms with Crippen molar-refractivity contribution in [2.45, 2.75) is 76.0 Å². The van der Waals surface area contributed by atoms with Crippen molar-refractivity contribution in [2.24, 2.45) is 11.8 Å². The summed E-state index contributed by atoms with van der Waals surface area (Å²) in [6.07, 6.45) is -0.0739. The number of sulfone groups is 1. The predicted molar refractivity (Wildman–Crippen MR) is 124 cm³/mol. The number of hydrogen-bond donors (Lipinski definition) is 0. The van der Waals surface area contributed by atoms with Crippen LogP contribution in [0.3, 0.4) is 0 Å². The van der Waals surface area contributed by atoms with Gasteiger partial charge in [0, 0.05) is 17.2 Å². The van der Waals surface area contributed by atoms with E-state index in [0.29, 0.717) is 0 Å². The summed E-state index contributed by atoms with van der Waals surface area (Å²) in [6, 6.07) is 11.2. The van der Waals surface area contributed by atoms with Crippen molar-refractivity contribution in [3.63, 3.8) is 0 Å². The molecule has 2 rings (SSSR count). The SMILES string of the molecule is CC[Si](CC)(CC)O[C@@H]1[C@H](C)[C@H](/C=C/S(=O)(=O)c2ccccc2)O[C@@H](C(=O)OC)[C@H]1C. The molecule has 1 heterocycles. The monoisotopic (exact) mass is 468 g/mol. The van der Waals surface area contributed by atoms with Gasteiger partial charge in [-0.2, -0.15) is 0 Å². The van der Waals surface area contributed by atoms with E-state index in [2.05, 4.69) is 20.8 Å². The smallest absolute Gasteiger partial charge is 0.335 e. The summed E-state index contributed by atoms with van der Waals surface area (Å²) < 4.78 is 43.2. The molecular weight excluding hydrogens is 432 g/mol. The van der Waals surface area contributed by atoms with E-state index in [1.165, 1.54) is 18.6 Å². The predicted octanol–water partition coefficient (Wildman–Crippen LogP) is 4.58. The van der Waals surface area contributed by atoms with E-state index in [1.54, 1.807) is 30.3 Å². The maximum Gasteiger partial charge on any atom is 0.335 e. The van der Waals surface area contributed by atoms with Crippen molar-refractivity contribution in [2.75, 3.05) is 7.11 Å². The highest BCUT2D eigenvalue weighted by molar-refractivity contribution is 7.94. The highest BCUT2D eigenvalue weighted by Crippen LogP contribution is 2.37. The lowest BCUT2D eigenvalue weighted by molar-refractivity contribution is -0.183. The number of benzene rings is 1. The largest absolute Gasteiger partial charge is 0.467 e. The van der Waals surface area contributed by atoms with Crippen LogP contribution in [0.5, 0.6) is 0 Å². The molecule has 0 aromatic heterocycles. The van der Waals surface area contributed by atoms with Crippen LogP contribution in [-0.2, 0) is 28.5 Å². The van der Waals surface area contributed by atoms with Gasteiger partial charge in [0.25, 0.3) is 0 Å². The first-order valence-corrected chi connectivity index (χ1v) is 15.1. The molecule has 0 spiro atoms. The van der Waals surface area contributed by atoms with Crippen LogP contribution in [0.15, 0.2) is 46.7 Å². The molecule has 0 N–H and O–H groups in total. The molecule has 1 saturated heterocycles. The van der Waals surface area contributed by atoms with Gasteiger partial charge in [0.2, 0.25) is 0 Å². The van der Waals surface area contributed by atoms with E-state index in [0.717, 1.165) is 18.1 Å². The van der Waals surface area contributed by atoms with Crippen molar-refractivity contribution < 1.29 is 27.1 Å². The van der Waals surface area contributed by atoms with Gasteiger partial charge < -0.3 is 13.9 Å². The minimum Gasteiger partial charge on any atom is -0.467 e. The molecule has 1 fully saturated rings. The van der Waals surface area contributed by atoms with Crippen molar-refractivity contribution in [3.8, 4) is 0 Å². The zero-order valence-electron chi connectivity index (χ0n) is 19.4. The maximum atomic E-state index is 12.7. The van der Waals surface area contributed by atoms with Crippen LogP contribution in [0.25, 0.3) is 0 Å². The number of methoxy groups -OCH3 is 1. The Morgan fingerprint density at radius 1 is 1.06 bits per heavy atom. The van der Waals surface area contributed by atoms with E-state index >= 15 is 0 Å². The fourth-order valence-electron chi connectivity index (χ4n) is 4.24. The van der Waals surface area contributed by atoms with Crippen molar-refractivity contribution in [3.05, 3.63) is 41.8 Å².